The maximum Gasteiger partial charge on any atom is 0.410 e. The highest BCUT2D eigenvalue weighted by molar-refractivity contribution is 5.68. The monoisotopic (exact) mass is 317 g/mol. The third-order valence-electron chi connectivity index (χ3n) is 4.07. The molecule has 23 heavy (non-hydrogen) atoms. The van der Waals surface area contributed by atoms with Gasteiger partial charge in [0, 0.05) is 32.4 Å². The summed E-state index contributed by atoms with van der Waals surface area (Å²) in [6, 6.07) is 3.97. The molecule has 1 atom stereocenters. The van der Waals surface area contributed by atoms with E-state index in [1.165, 1.54) is 0 Å². The van der Waals surface area contributed by atoms with Gasteiger partial charge in [0.2, 0.25) is 0 Å². The highest BCUT2D eigenvalue weighted by Gasteiger charge is 2.31. The predicted octanol–water partition coefficient (Wildman–Crippen LogP) is 2.17. The van der Waals surface area contributed by atoms with Crippen molar-refractivity contribution in [2.75, 3.05) is 25.0 Å². The van der Waals surface area contributed by atoms with Crippen LogP contribution in [0, 0.1) is 0 Å². The Hall–Kier alpha value is -2.31. The molecular formula is C16H23N5O2. The Balaban J connectivity index is 1.68. The molecule has 0 saturated carbocycles. The Bertz CT molecular complexity index is 684. The molecule has 0 aliphatic carbocycles. The van der Waals surface area contributed by atoms with Crippen molar-refractivity contribution in [2.45, 2.75) is 38.8 Å². The van der Waals surface area contributed by atoms with Crippen LogP contribution in [0.4, 0.5) is 10.6 Å². The number of hydrogen-bond acceptors (Lipinski definition) is 5. The van der Waals surface area contributed by atoms with Crippen molar-refractivity contribution in [1.82, 2.24) is 19.5 Å². The average Bonchev–Trinajstić information content (AvgIpc) is 3.13. The van der Waals surface area contributed by atoms with Crippen LogP contribution in [0.15, 0.2) is 24.5 Å². The van der Waals surface area contributed by atoms with Crippen LogP contribution in [-0.4, -0.2) is 57.9 Å². The first kappa shape index (κ1) is 15.6. The third kappa shape index (κ3) is 3.38. The lowest BCUT2D eigenvalue weighted by atomic mass is 10.2. The Kier molecular flexibility index (Phi) is 4.36. The highest BCUT2D eigenvalue weighted by atomic mass is 16.6. The van der Waals surface area contributed by atoms with Gasteiger partial charge in [0.1, 0.15) is 5.82 Å². The van der Waals surface area contributed by atoms with E-state index in [1.807, 2.05) is 44.1 Å². The first-order valence-corrected chi connectivity index (χ1v) is 8.03. The van der Waals surface area contributed by atoms with Crippen LogP contribution in [0.25, 0.3) is 5.65 Å². The molecule has 1 aliphatic heterocycles. The van der Waals surface area contributed by atoms with E-state index in [4.69, 9.17) is 4.74 Å². The van der Waals surface area contributed by atoms with Gasteiger partial charge in [0.15, 0.2) is 5.65 Å². The topological polar surface area (TPSA) is 63.0 Å². The van der Waals surface area contributed by atoms with E-state index in [1.54, 1.807) is 10.7 Å². The zero-order valence-electron chi connectivity index (χ0n) is 13.8. The number of carbonyl (C=O) groups excluding carboxylic acids is 1. The molecule has 1 fully saturated rings. The molecule has 124 valence electrons. The number of rotatable bonds is 4. The van der Waals surface area contributed by atoms with Crippen LogP contribution in [0.1, 0.15) is 26.7 Å². The molecule has 0 spiro atoms. The van der Waals surface area contributed by atoms with Crippen molar-refractivity contribution >= 4 is 17.6 Å². The van der Waals surface area contributed by atoms with Crippen molar-refractivity contribution in [3.8, 4) is 0 Å². The van der Waals surface area contributed by atoms with Gasteiger partial charge < -0.3 is 14.5 Å². The first-order chi connectivity index (χ1) is 11.0. The predicted molar refractivity (Wildman–Crippen MR) is 87.6 cm³/mol. The number of nitrogens with zero attached hydrogens (tertiary/aromatic N) is 5. The Morgan fingerprint density at radius 2 is 2.30 bits per heavy atom. The summed E-state index contributed by atoms with van der Waals surface area (Å²) in [5.74, 6) is 0.877. The molecule has 0 N–H and O–H groups in total. The second-order valence-electron chi connectivity index (χ2n) is 6.22. The summed E-state index contributed by atoms with van der Waals surface area (Å²) in [5.41, 5.74) is 0.817. The lowest BCUT2D eigenvalue weighted by Gasteiger charge is -2.29. The normalized spacial score (nSPS) is 17.9. The molecule has 2 aromatic rings. The molecule has 3 heterocycles. The molecule has 1 amide bonds. The number of ether oxygens (including phenoxy) is 1. The molecule has 1 saturated heterocycles. The quantitative estimate of drug-likeness (QED) is 0.865. The fraction of sp³-hybridized carbons (Fsp3) is 0.562. The van der Waals surface area contributed by atoms with E-state index in [0.29, 0.717) is 0 Å². The Labute approximate surface area is 135 Å². The molecule has 0 bridgehead atoms. The van der Waals surface area contributed by atoms with Gasteiger partial charge in [-0.1, -0.05) is 0 Å². The number of fused-ring (bicyclic) bond motifs is 1. The smallest absolute Gasteiger partial charge is 0.410 e. The SMILES string of the molecule is CC(C)OC(=O)N1CCC[C@H]1CN(C)c1ccn2nccc2n1. The number of anilines is 1. The number of likely N-dealkylation sites (N-methyl/N-ethyl adjacent to an activating group) is 1. The molecule has 0 aromatic carbocycles. The molecule has 2 aromatic heterocycles. The molecule has 0 radical (unpaired) electrons. The maximum absolute atomic E-state index is 12.2. The molecule has 7 nitrogen and oxygen atoms in total. The molecular weight excluding hydrogens is 294 g/mol. The van der Waals surface area contributed by atoms with Gasteiger partial charge in [-0.3, -0.25) is 0 Å². The van der Waals surface area contributed by atoms with E-state index < -0.39 is 0 Å². The van der Waals surface area contributed by atoms with Gasteiger partial charge in [-0.25, -0.2) is 14.3 Å². The number of amides is 1. The second-order valence-corrected chi connectivity index (χ2v) is 6.22. The largest absolute Gasteiger partial charge is 0.447 e. The lowest BCUT2D eigenvalue weighted by Crippen LogP contribution is -2.43. The van der Waals surface area contributed by atoms with E-state index >= 15 is 0 Å². The molecule has 3 rings (SSSR count). The Morgan fingerprint density at radius 3 is 3.09 bits per heavy atom. The fourth-order valence-corrected chi connectivity index (χ4v) is 2.96. The first-order valence-electron chi connectivity index (χ1n) is 8.03. The summed E-state index contributed by atoms with van der Waals surface area (Å²) in [4.78, 5) is 20.7. The van der Waals surface area contributed by atoms with Crippen LogP contribution in [0.5, 0.6) is 0 Å². The van der Waals surface area contributed by atoms with Gasteiger partial charge in [0.25, 0.3) is 0 Å². The Morgan fingerprint density at radius 1 is 1.48 bits per heavy atom. The van der Waals surface area contributed by atoms with Crippen LogP contribution < -0.4 is 4.90 Å². The van der Waals surface area contributed by atoms with E-state index in [0.717, 1.165) is 37.4 Å². The zero-order chi connectivity index (χ0) is 16.4. The van der Waals surface area contributed by atoms with E-state index in [9.17, 15) is 4.79 Å². The van der Waals surface area contributed by atoms with Crippen LogP contribution in [-0.2, 0) is 4.74 Å². The van der Waals surface area contributed by atoms with Crippen LogP contribution in [0.2, 0.25) is 0 Å². The van der Waals surface area contributed by atoms with Gasteiger partial charge >= 0.3 is 6.09 Å². The zero-order valence-corrected chi connectivity index (χ0v) is 13.8. The summed E-state index contributed by atoms with van der Waals surface area (Å²) < 4.78 is 7.08. The van der Waals surface area contributed by atoms with Crippen LogP contribution in [0.3, 0.4) is 0 Å². The summed E-state index contributed by atoms with van der Waals surface area (Å²) in [7, 11) is 2.00. The standard InChI is InChI=1S/C16H23N5O2/c1-12(2)23-16(22)20-9-4-5-13(20)11-19(3)14-7-10-21-15(18-14)6-8-17-21/h6-8,10,12-13H,4-5,9,11H2,1-3H3/t13-/m0/s1. The minimum atomic E-state index is -0.213. The summed E-state index contributed by atoms with van der Waals surface area (Å²) in [6.07, 6.45) is 5.33. The maximum atomic E-state index is 12.2. The van der Waals surface area contributed by atoms with E-state index in [-0.39, 0.29) is 18.2 Å². The van der Waals surface area contributed by atoms with Gasteiger partial charge in [0.05, 0.1) is 18.3 Å². The minimum absolute atomic E-state index is 0.0904. The van der Waals surface area contributed by atoms with Crippen molar-refractivity contribution in [3.05, 3.63) is 24.5 Å². The molecule has 7 heteroatoms. The van der Waals surface area contributed by atoms with Gasteiger partial charge in [-0.15, -0.1) is 0 Å². The molecule has 1 aliphatic rings. The highest BCUT2D eigenvalue weighted by Crippen LogP contribution is 2.21. The lowest BCUT2D eigenvalue weighted by molar-refractivity contribution is 0.0740. The number of aromatic nitrogens is 3. The summed E-state index contributed by atoms with van der Waals surface area (Å²) >= 11 is 0. The number of carbonyl (C=O) groups is 1. The number of likely N-dealkylation sites (tertiary alicyclic amines) is 1. The number of hydrogen-bond donors (Lipinski definition) is 0. The average molecular weight is 317 g/mol. The van der Waals surface area contributed by atoms with E-state index in [2.05, 4.69) is 15.0 Å². The van der Waals surface area contributed by atoms with Crippen LogP contribution >= 0.6 is 0 Å². The minimum Gasteiger partial charge on any atom is -0.447 e. The van der Waals surface area contributed by atoms with Gasteiger partial charge in [-0.2, -0.15) is 5.10 Å². The van der Waals surface area contributed by atoms with Crippen molar-refractivity contribution in [2.24, 2.45) is 0 Å². The second kappa shape index (κ2) is 6.44. The fourth-order valence-electron chi connectivity index (χ4n) is 2.96. The van der Waals surface area contributed by atoms with Gasteiger partial charge in [-0.05, 0) is 32.8 Å². The third-order valence-corrected chi connectivity index (χ3v) is 4.07. The van der Waals surface area contributed by atoms with Crippen molar-refractivity contribution in [3.63, 3.8) is 0 Å². The molecule has 0 unspecified atom stereocenters. The van der Waals surface area contributed by atoms with Crippen molar-refractivity contribution < 1.29 is 9.53 Å². The van der Waals surface area contributed by atoms with Crippen molar-refractivity contribution in [1.29, 1.82) is 0 Å². The summed E-state index contributed by atoms with van der Waals surface area (Å²) in [5, 5.41) is 4.15. The summed E-state index contributed by atoms with van der Waals surface area (Å²) in [6.45, 7) is 5.25.